The molecule has 1 fully saturated rings. The molecule has 1 heterocycles. The van der Waals surface area contributed by atoms with Crippen molar-refractivity contribution < 1.29 is 28.8 Å². The summed E-state index contributed by atoms with van der Waals surface area (Å²) in [4.78, 5) is 54.6. The summed E-state index contributed by atoms with van der Waals surface area (Å²) in [5.74, 6) is -0.612. The molecule has 0 aliphatic carbocycles. The topological polar surface area (TPSA) is 142 Å². The number of esters is 1. The summed E-state index contributed by atoms with van der Waals surface area (Å²) in [6.45, 7) is 2.58. The van der Waals surface area contributed by atoms with Crippen LogP contribution in [-0.2, 0) is 19.2 Å². The maximum absolute atomic E-state index is 12.6. The lowest BCUT2D eigenvalue weighted by Crippen LogP contribution is -2.46. The third-order valence-electron chi connectivity index (χ3n) is 4.40. The van der Waals surface area contributed by atoms with Crippen LogP contribution in [0.2, 0.25) is 0 Å². The van der Waals surface area contributed by atoms with Crippen molar-refractivity contribution in [2.75, 3.05) is 38.7 Å². The van der Waals surface area contributed by atoms with Crippen molar-refractivity contribution in [3.63, 3.8) is 0 Å². The minimum Gasteiger partial charge on any atom is -0.466 e. The average molecular weight is 448 g/mol. The number of nitrogens with zero attached hydrogens (tertiary/aromatic N) is 3. The summed E-state index contributed by atoms with van der Waals surface area (Å²) in [6.07, 6.45) is 1.41. The lowest BCUT2D eigenvalue weighted by molar-refractivity contribution is -0.142. The third kappa shape index (κ3) is 7.45. The van der Waals surface area contributed by atoms with E-state index in [-0.39, 0.29) is 25.5 Å². The van der Waals surface area contributed by atoms with Crippen LogP contribution >= 0.6 is 0 Å². The standard InChI is InChI=1S/C20H28N6O6/c1-4-31-17(27)9-11-21-19(29)23-16-10-12-26(18(16)28)15-7-5-14(6-8-15)13-22-24-32-20(30)25(2)3/h5-8,13,16,24H,4,9-12H2,1-3H3,(H2,21,23,29)/t16-/m0/s1. The van der Waals surface area contributed by atoms with E-state index in [4.69, 9.17) is 4.74 Å². The molecule has 174 valence electrons. The Labute approximate surface area is 185 Å². The Morgan fingerprint density at radius 3 is 2.62 bits per heavy atom. The zero-order chi connectivity index (χ0) is 23.5. The summed E-state index contributed by atoms with van der Waals surface area (Å²) < 4.78 is 4.79. The summed E-state index contributed by atoms with van der Waals surface area (Å²) in [5.41, 5.74) is 3.60. The minimum atomic E-state index is -0.644. The molecule has 0 spiro atoms. The zero-order valence-corrected chi connectivity index (χ0v) is 18.3. The van der Waals surface area contributed by atoms with Gasteiger partial charge in [0.05, 0.1) is 19.2 Å². The predicted molar refractivity (Wildman–Crippen MR) is 116 cm³/mol. The van der Waals surface area contributed by atoms with Gasteiger partial charge in [0, 0.05) is 32.9 Å². The van der Waals surface area contributed by atoms with Crippen LogP contribution in [-0.4, -0.2) is 74.9 Å². The Morgan fingerprint density at radius 2 is 1.97 bits per heavy atom. The Balaban J connectivity index is 1.80. The van der Waals surface area contributed by atoms with Gasteiger partial charge >= 0.3 is 18.1 Å². The quantitative estimate of drug-likeness (QED) is 0.285. The lowest BCUT2D eigenvalue weighted by atomic mass is 10.2. The molecule has 1 aliphatic heterocycles. The molecule has 1 aromatic rings. The van der Waals surface area contributed by atoms with Gasteiger partial charge in [-0.2, -0.15) is 5.10 Å². The molecule has 12 nitrogen and oxygen atoms in total. The normalized spacial score (nSPS) is 15.4. The van der Waals surface area contributed by atoms with Gasteiger partial charge in [-0.1, -0.05) is 12.1 Å². The van der Waals surface area contributed by atoms with Crippen LogP contribution in [0.1, 0.15) is 25.3 Å². The van der Waals surface area contributed by atoms with Crippen molar-refractivity contribution in [1.29, 1.82) is 0 Å². The summed E-state index contributed by atoms with van der Waals surface area (Å²) in [6, 6.07) is 5.87. The Hall–Kier alpha value is -3.83. The van der Waals surface area contributed by atoms with Gasteiger partial charge in [-0.05, 0) is 31.0 Å². The highest BCUT2D eigenvalue weighted by molar-refractivity contribution is 6.01. The molecule has 3 N–H and O–H groups in total. The monoisotopic (exact) mass is 448 g/mol. The maximum atomic E-state index is 12.6. The third-order valence-corrected chi connectivity index (χ3v) is 4.40. The number of rotatable bonds is 9. The van der Waals surface area contributed by atoms with E-state index in [2.05, 4.69) is 26.2 Å². The van der Waals surface area contributed by atoms with E-state index >= 15 is 0 Å². The van der Waals surface area contributed by atoms with Gasteiger partial charge in [0.25, 0.3) is 0 Å². The van der Waals surface area contributed by atoms with E-state index < -0.39 is 24.1 Å². The van der Waals surface area contributed by atoms with Gasteiger partial charge in [0.1, 0.15) is 6.04 Å². The fourth-order valence-electron chi connectivity index (χ4n) is 2.79. The van der Waals surface area contributed by atoms with Crippen molar-refractivity contribution in [3.8, 4) is 0 Å². The minimum absolute atomic E-state index is 0.0647. The van der Waals surface area contributed by atoms with E-state index in [1.165, 1.54) is 11.1 Å². The number of amides is 4. The van der Waals surface area contributed by atoms with Crippen LogP contribution in [0, 0.1) is 0 Å². The smallest absolute Gasteiger partial charge is 0.434 e. The average Bonchev–Trinajstić information content (AvgIpc) is 3.11. The lowest BCUT2D eigenvalue weighted by Gasteiger charge is -2.17. The highest BCUT2D eigenvalue weighted by atomic mass is 16.7. The zero-order valence-electron chi connectivity index (χ0n) is 18.3. The first kappa shape index (κ1) is 24.4. The van der Waals surface area contributed by atoms with E-state index in [9.17, 15) is 19.2 Å². The van der Waals surface area contributed by atoms with Crippen LogP contribution in [0.25, 0.3) is 0 Å². The predicted octanol–water partition coefficient (Wildman–Crippen LogP) is 0.581. The molecule has 2 rings (SSSR count). The highest BCUT2D eigenvalue weighted by Gasteiger charge is 2.33. The van der Waals surface area contributed by atoms with Crippen molar-refractivity contribution in [3.05, 3.63) is 29.8 Å². The van der Waals surface area contributed by atoms with Crippen molar-refractivity contribution in [2.45, 2.75) is 25.8 Å². The van der Waals surface area contributed by atoms with Crippen molar-refractivity contribution in [2.24, 2.45) is 5.10 Å². The number of hydrazone groups is 1. The second-order valence-electron chi connectivity index (χ2n) is 6.99. The first-order valence-corrected chi connectivity index (χ1v) is 10.1. The molecule has 0 aromatic heterocycles. The first-order valence-electron chi connectivity index (χ1n) is 10.1. The second-order valence-corrected chi connectivity index (χ2v) is 6.99. The number of urea groups is 1. The molecule has 1 aliphatic rings. The second kappa shape index (κ2) is 12.1. The molecule has 12 heteroatoms. The molecule has 0 unspecified atom stereocenters. The Bertz CT molecular complexity index is 841. The van der Waals surface area contributed by atoms with Gasteiger partial charge in [-0.3, -0.25) is 9.59 Å². The molecular weight excluding hydrogens is 420 g/mol. The summed E-state index contributed by atoms with van der Waals surface area (Å²) in [7, 11) is 3.09. The number of carbonyl (C=O) groups is 4. The number of hydrogen-bond acceptors (Lipinski definition) is 8. The van der Waals surface area contributed by atoms with Crippen LogP contribution in [0.3, 0.4) is 0 Å². The first-order chi connectivity index (χ1) is 15.3. The number of benzene rings is 1. The van der Waals surface area contributed by atoms with Crippen LogP contribution in [0.4, 0.5) is 15.3 Å². The molecule has 0 saturated carbocycles. The molecule has 4 amide bonds. The fraction of sp³-hybridized carbons (Fsp3) is 0.450. The van der Waals surface area contributed by atoms with Crippen molar-refractivity contribution >= 4 is 35.9 Å². The van der Waals surface area contributed by atoms with Gasteiger partial charge in [0.2, 0.25) is 5.91 Å². The van der Waals surface area contributed by atoms with E-state index in [1.807, 2.05) is 0 Å². The van der Waals surface area contributed by atoms with Crippen LogP contribution in [0.5, 0.6) is 0 Å². The van der Waals surface area contributed by atoms with Crippen LogP contribution in [0.15, 0.2) is 29.4 Å². The Morgan fingerprint density at radius 1 is 1.25 bits per heavy atom. The summed E-state index contributed by atoms with van der Waals surface area (Å²) in [5, 5.41) is 8.96. The molecule has 32 heavy (non-hydrogen) atoms. The molecule has 1 aromatic carbocycles. The molecule has 0 radical (unpaired) electrons. The molecule has 0 bridgehead atoms. The number of hydrogen-bond donors (Lipinski definition) is 3. The summed E-state index contributed by atoms with van der Waals surface area (Å²) >= 11 is 0. The largest absolute Gasteiger partial charge is 0.466 e. The SMILES string of the molecule is CCOC(=O)CCNC(=O)N[C@H]1CCN(c2ccc(C=NNOC(=O)N(C)C)cc2)C1=O. The van der Waals surface area contributed by atoms with Gasteiger partial charge in [-0.25, -0.2) is 9.59 Å². The van der Waals surface area contributed by atoms with Gasteiger partial charge in [0.15, 0.2) is 0 Å². The number of carbonyl (C=O) groups excluding carboxylic acids is 4. The van der Waals surface area contributed by atoms with E-state index in [0.29, 0.717) is 18.7 Å². The molecular formula is C20H28N6O6. The fourth-order valence-corrected chi connectivity index (χ4v) is 2.79. The van der Waals surface area contributed by atoms with Gasteiger partial charge < -0.3 is 30.0 Å². The highest BCUT2D eigenvalue weighted by Crippen LogP contribution is 2.21. The van der Waals surface area contributed by atoms with Crippen molar-refractivity contribution in [1.82, 2.24) is 21.1 Å². The van der Waals surface area contributed by atoms with Gasteiger partial charge in [-0.15, -0.1) is 5.59 Å². The van der Waals surface area contributed by atoms with E-state index in [0.717, 1.165) is 5.56 Å². The maximum Gasteiger partial charge on any atom is 0.434 e. The number of ether oxygens (including phenoxy) is 1. The number of nitrogens with one attached hydrogen (secondary N) is 3. The number of anilines is 1. The molecule has 1 saturated heterocycles. The Kier molecular flexibility index (Phi) is 9.26. The van der Waals surface area contributed by atoms with Crippen LogP contribution < -0.4 is 21.1 Å². The van der Waals surface area contributed by atoms with E-state index in [1.54, 1.807) is 50.2 Å². The molecule has 1 atom stereocenters.